The molecule has 1 aliphatic heterocycles. The van der Waals surface area contributed by atoms with E-state index in [1.54, 1.807) is 14.1 Å². The Labute approximate surface area is 143 Å². The fourth-order valence-electron chi connectivity index (χ4n) is 2.22. The first-order valence-electron chi connectivity index (χ1n) is 7.53. The number of amides is 3. The highest BCUT2D eigenvalue weighted by Crippen LogP contribution is 2.16. The molecule has 1 fully saturated rings. The van der Waals surface area contributed by atoms with E-state index in [4.69, 9.17) is 0 Å². The van der Waals surface area contributed by atoms with Crippen molar-refractivity contribution in [3.05, 3.63) is 29.8 Å². The van der Waals surface area contributed by atoms with Crippen molar-refractivity contribution in [1.29, 1.82) is 0 Å². The molecule has 1 atom stereocenters. The second kappa shape index (κ2) is 8.74. The van der Waals surface area contributed by atoms with Gasteiger partial charge in [-0.15, -0.1) is 12.4 Å². The van der Waals surface area contributed by atoms with E-state index in [1.807, 2.05) is 31.2 Å². The molecule has 1 aromatic carbocycles. The largest absolute Gasteiger partial charge is 0.352 e. The molecule has 0 aromatic heterocycles. The predicted octanol–water partition coefficient (Wildman–Crippen LogP) is 1.67. The molecule has 1 aliphatic rings. The standard InChI is InChI=1S/C16H24N4O2.ClH/c1-11(13-9-17-10-13)15(21)18-8-12-5-4-6-14(7-12)19-16(22)20(2)3;/h4-7,11,13,17H,8-10H2,1-3H3,(H,18,21)(H,19,22);1H. The van der Waals surface area contributed by atoms with Crippen LogP contribution in [0.3, 0.4) is 0 Å². The number of hydrogen-bond acceptors (Lipinski definition) is 3. The van der Waals surface area contributed by atoms with E-state index in [-0.39, 0.29) is 30.3 Å². The van der Waals surface area contributed by atoms with Gasteiger partial charge in [0.25, 0.3) is 0 Å². The van der Waals surface area contributed by atoms with Crippen molar-refractivity contribution in [2.24, 2.45) is 11.8 Å². The van der Waals surface area contributed by atoms with Crippen molar-refractivity contribution in [3.8, 4) is 0 Å². The molecule has 1 unspecified atom stereocenters. The monoisotopic (exact) mass is 340 g/mol. The van der Waals surface area contributed by atoms with Crippen LogP contribution < -0.4 is 16.0 Å². The molecule has 0 saturated carbocycles. The van der Waals surface area contributed by atoms with E-state index in [9.17, 15) is 9.59 Å². The number of halogens is 1. The molecule has 0 spiro atoms. The van der Waals surface area contributed by atoms with Crippen molar-refractivity contribution in [3.63, 3.8) is 0 Å². The number of anilines is 1. The quantitative estimate of drug-likeness (QED) is 0.763. The Morgan fingerprint density at radius 2 is 2.04 bits per heavy atom. The summed E-state index contributed by atoms with van der Waals surface area (Å²) >= 11 is 0. The molecule has 1 saturated heterocycles. The Balaban J connectivity index is 0.00000264. The molecule has 0 bridgehead atoms. The van der Waals surface area contributed by atoms with Crippen LogP contribution in [-0.2, 0) is 11.3 Å². The van der Waals surface area contributed by atoms with Crippen molar-refractivity contribution in [1.82, 2.24) is 15.5 Å². The lowest BCUT2D eigenvalue weighted by Gasteiger charge is -2.31. The number of carbonyl (C=O) groups excluding carboxylic acids is 2. The molecular formula is C16H25ClN4O2. The van der Waals surface area contributed by atoms with Crippen LogP contribution in [0.2, 0.25) is 0 Å². The summed E-state index contributed by atoms with van der Waals surface area (Å²) in [6.45, 7) is 4.27. The summed E-state index contributed by atoms with van der Waals surface area (Å²) in [6, 6.07) is 7.33. The number of carbonyl (C=O) groups is 2. The van der Waals surface area contributed by atoms with Gasteiger partial charge < -0.3 is 20.9 Å². The highest BCUT2D eigenvalue weighted by atomic mass is 35.5. The molecule has 3 amide bonds. The van der Waals surface area contributed by atoms with Gasteiger partial charge in [-0.3, -0.25) is 4.79 Å². The Kier molecular flexibility index (Phi) is 7.32. The lowest BCUT2D eigenvalue weighted by atomic mass is 9.88. The summed E-state index contributed by atoms with van der Waals surface area (Å²) in [5.74, 6) is 0.540. The van der Waals surface area contributed by atoms with Crippen molar-refractivity contribution in [2.45, 2.75) is 13.5 Å². The second-order valence-electron chi connectivity index (χ2n) is 5.95. The van der Waals surface area contributed by atoms with Gasteiger partial charge in [-0.2, -0.15) is 0 Å². The van der Waals surface area contributed by atoms with Crippen LogP contribution in [0.15, 0.2) is 24.3 Å². The summed E-state index contributed by atoms with van der Waals surface area (Å²) in [6.07, 6.45) is 0. The lowest BCUT2D eigenvalue weighted by Crippen LogP contribution is -2.49. The smallest absolute Gasteiger partial charge is 0.321 e. The fourth-order valence-corrected chi connectivity index (χ4v) is 2.22. The first-order valence-corrected chi connectivity index (χ1v) is 7.53. The van der Waals surface area contributed by atoms with Gasteiger partial charge >= 0.3 is 6.03 Å². The molecule has 6 nitrogen and oxygen atoms in total. The third-order valence-corrected chi connectivity index (χ3v) is 3.98. The molecule has 3 N–H and O–H groups in total. The molecule has 2 rings (SSSR count). The van der Waals surface area contributed by atoms with E-state index in [1.165, 1.54) is 4.90 Å². The zero-order valence-electron chi connectivity index (χ0n) is 13.8. The maximum Gasteiger partial charge on any atom is 0.321 e. The normalized spacial score (nSPS) is 14.9. The third-order valence-electron chi connectivity index (χ3n) is 3.98. The van der Waals surface area contributed by atoms with Crippen molar-refractivity contribution < 1.29 is 9.59 Å². The minimum Gasteiger partial charge on any atom is -0.352 e. The van der Waals surface area contributed by atoms with E-state index in [0.29, 0.717) is 12.5 Å². The van der Waals surface area contributed by atoms with Crippen molar-refractivity contribution >= 4 is 30.0 Å². The predicted molar refractivity (Wildman–Crippen MR) is 93.8 cm³/mol. The number of nitrogens with zero attached hydrogens (tertiary/aromatic N) is 1. The van der Waals surface area contributed by atoms with Crippen LogP contribution in [0.25, 0.3) is 0 Å². The highest BCUT2D eigenvalue weighted by molar-refractivity contribution is 5.89. The van der Waals surface area contributed by atoms with Crippen molar-refractivity contribution in [2.75, 3.05) is 32.5 Å². The Morgan fingerprint density at radius 1 is 1.35 bits per heavy atom. The van der Waals surface area contributed by atoms with E-state index < -0.39 is 0 Å². The summed E-state index contributed by atoms with van der Waals surface area (Å²) in [5.41, 5.74) is 1.69. The van der Waals surface area contributed by atoms with E-state index >= 15 is 0 Å². The second-order valence-corrected chi connectivity index (χ2v) is 5.95. The molecular weight excluding hydrogens is 316 g/mol. The molecule has 0 aliphatic carbocycles. The number of benzene rings is 1. The summed E-state index contributed by atoms with van der Waals surface area (Å²) in [5, 5.41) is 8.94. The van der Waals surface area contributed by atoms with Gasteiger partial charge in [0.15, 0.2) is 0 Å². The fraction of sp³-hybridized carbons (Fsp3) is 0.500. The van der Waals surface area contributed by atoms with Crippen LogP contribution in [-0.4, -0.2) is 44.0 Å². The van der Waals surface area contributed by atoms with Crippen LogP contribution in [0.5, 0.6) is 0 Å². The Hall–Kier alpha value is -1.79. The summed E-state index contributed by atoms with van der Waals surface area (Å²) in [4.78, 5) is 25.2. The maximum atomic E-state index is 12.1. The lowest BCUT2D eigenvalue weighted by molar-refractivity contribution is -0.126. The first-order chi connectivity index (χ1) is 10.5. The zero-order chi connectivity index (χ0) is 16.1. The molecule has 23 heavy (non-hydrogen) atoms. The molecule has 1 heterocycles. The van der Waals surface area contributed by atoms with Crippen LogP contribution in [0.1, 0.15) is 12.5 Å². The van der Waals surface area contributed by atoms with Gasteiger partial charge in [0, 0.05) is 32.2 Å². The average molecular weight is 341 g/mol. The maximum absolute atomic E-state index is 12.1. The molecule has 128 valence electrons. The van der Waals surface area contributed by atoms with Gasteiger partial charge in [0.2, 0.25) is 5.91 Å². The first kappa shape index (κ1) is 19.3. The highest BCUT2D eigenvalue weighted by Gasteiger charge is 2.28. The van der Waals surface area contributed by atoms with Gasteiger partial charge in [-0.05, 0) is 36.7 Å². The molecule has 7 heteroatoms. The minimum absolute atomic E-state index is 0. The molecule has 0 radical (unpaired) electrons. The van der Waals surface area contributed by atoms with Crippen LogP contribution >= 0.6 is 12.4 Å². The van der Waals surface area contributed by atoms with Gasteiger partial charge in [0.1, 0.15) is 0 Å². The summed E-state index contributed by atoms with van der Waals surface area (Å²) in [7, 11) is 3.38. The zero-order valence-corrected chi connectivity index (χ0v) is 14.6. The van der Waals surface area contributed by atoms with Gasteiger partial charge in [0.05, 0.1) is 0 Å². The topological polar surface area (TPSA) is 73.5 Å². The Morgan fingerprint density at radius 3 is 2.61 bits per heavy atom. The van der Waals surface area contributed by atoms with E-state index in [0.717, 1.165) is 24.3 Å². The van der Waals surface area contributed by atoms with Crippen LogP contribution in [0, 0.1) is 11.8 Å². The van der Waals surface area contributed by atoms with Crippen LogP contribution in [0.4, 0.5) is 10.5 Å². The minimum atomic E-state index is -0.174. The summed E-state index contributed by atoms with van der Waals surface area (Å²) < 4.78 is 0. The van der Waals surface area contributed by atoms with E-state index in [2.05, 4.69) is 16.0 Å². The number of rotatable bonds is 5. The number of hydrogen-bond donors (Lipinski definition) is 3. The van der Waals surface area contributed by atoms with Gasteiger partial charge in [-0.25, -0.2) is 4.79 Å². The average Bonchev–Trinajstić information content (AvgIpc) is 2.43. The number of nitrogens with one attached hydrogen (secondary N) is 3. The molecule has 1 aromatic rings. The number of urea groups is 1. The SMILES string of the molecule is CC(C(=O)NCc1cccc(NC(=O)N(C)C)c1)C1CNC1.Cl. The Bertz CT molecular complexity index is 547. The third kappa shape index (κ3) is 5.41. The van der Waals surface area contributed by atoms with Gasteiger partial charge in [-0.1, -0.05) is 19.1 Å².